The highest BCUT2D eigenvalue weighted by atomic mass is 79.9. The molecule has 2 aromatic carbocycles. The average molecular weight is 457 g/mol. The number of carbonyl (C=O) groups is 1. The summed E-state index contributed by atoms with van der Waals surface area (Å²) in [7, 11) is 0. The Labute approximate surface area is 174 Å². The number of nitro groups is 1. The van der Waals surface area contributed by atoms with Gasteiger partial charge < -0.3 is 9.67 Å². The quantitative estimate of drug-likeness (QED) is 0.339. The lowest BCUT2D eigenvalue weighted by molar-refractivity contribution is -0.386. The average Bonchev–Trinajstić information content (AvgIpc) is 3.02. The van der Waals surface area contributed by atoms with E-state index in [4.69, 9.17) is 0 Å². The molecule has 0 unspecified atom stereocenters. The molecule has 0 radical (unpaired) electrons. The highest BCUT2D eigenvalue weighted by Gasteiger charge is 2.17. The number of amides is 1. The number of aromatic hydroxyl groups is 1. The van der Waals surface area contributed by atoms with Crippen LogP contribution in [0.1, 0.15) is 27.3 Å². The summed E-state index contributed by atoms with van der Waals surface area (Å²) in [6.45, 7) is 4.02. The molecule has 0 aliphatic heterocycles. The molecule has 9 heteroatoms. The number of halogens is 1. The van der Waals surface area contributed by atoms with Crippen LogP contribution in [0.15, 0.2) is 58.1 Å². The van der Waals surface area contributed by atoms with E-state index in [0.717, 1.165) is 23.1 Å². The minimum Gasteiger partial charge on any atom is -0.501 e. The van der Waals surface area contributed by atoms with Gasteiger partial charge in [-0.05, 0) is 72.2 Å². The molecule has 0 saturated carbocycles. The van der Waals surface area contributed by atoms with Gasteiger partial charge >= 0.3 is 5.69 Å². The maximum Gasteiger partial charge on any atom is 0.312 e. The Kier molecular flexibility index (Phi) is 5.79. The third kappa shape index (κ3) is 4.35. The maximum absolute atomic E-state index is 12.3. The largest absolute Gasteiger partial charge is 0.501 e. The number of benzene rings is 2. The molecule has 1 amide bonds. The van der Waals surface area contributed by atoms with E-state index in [1.165, 1.54) is 12.3 Å². The lowest BCUT2D eigenvalue weighted by atomic mass is 10.2. The van der Waals surface area contributed by atoms with Crippen molar-refractivity contribution in [1.82, 2.24) is 9.99 Å². The number of carbonyl (C=O) groups excluding carboxylic acids is 1. The molecular weight excluding hydrogens is 440 g/mol. The summed E-state index contributed by atoms with van der Waals surface area (Å²) < 4.78 is 2.24. The van der Waals surface area contributed by atoms with E-state index in [-0.39, 0.29) is 4.47 Å². The van der Waals surface area contributed by atoms with Gasteiger partial charge in [-0.3, -0.25) is 14.9 Å². The number of nitrogens with one attached hydrogen (secondary N) is 1. The molecule has 0 atom stereocenters. The van der Waals surface area contributed by atoms with E-state index >= 15 is 0 Å². The smallest absolute Gasteiger partial charge is 0.312 e. The number of hydrogen-bond acceptors (Lipinski definition) is 5. The van der Waals surface area contributed by atoms with E-state index in [0.29, 0.717) is 11.1 Å². The fourth-order valence-electron chi connectivity index (χ4n) is 2.89. The highest BCUT2D eigenvalue weighted by Crippen LogP contribution is 2.34. The van der Waals surface area contributed by atoms with Crippen molar-refractivity contribution in [3.8, 4) is 11.4 Å². The molecule has 1 heterocycles. The second kappa shape index (κ2) is 8.27. The third-order valence-electron chi connectivity index (χ3n) is 4.30. The zero-order valence-electron chi connectivity index (χ0n) is 15.6. The SMILES string of the molecule is Cc1ccc(C)n1-c1ccc(C(=O)NN=Cc2cc(Br)c(O)c([N+](=O)[O-])c2)cc1. The summed E-state index contributed by atoms with van der Waals surface area (Å²) in [5.74, 6) is -0.884. The van der Waals surface area contributed by atoms with Crippen LogP contribution in [0.3, 0.4) is 0 Å². The van der Waals surface area contributed by atoms with Gasteiger partial charge in [-0.2, -0.15) is 5.10 Å². The minimum atomic E-state index is -0.703. The van der Waals surface area contributed by atoms with Gasteiger partial charge in [-0.25, -0.2) is 5.43 Å². The number of hydrogen-bond donors (Lipinski definition) is 2. The Morgan fingerprint density at radius 2 is 1.79 bits per heavy atom. The van der Waals surface area contributed by atoms with Gasteiger partial charge in [0.2, 0.25) is 5.75 Å². The van der Waals surface area contributed by atoms with E-state index in [2.05, 4.69) is 31.0 Å². The second-order valence-corrected chi connectivity index (χ2v) is 7.18. The van der Waals surface area contributed by atoms with Crippen molar-refractivity contribution < 1.29 is 14.8 Å². The molecular formula is C20H17BrN4O4. The number of nitro benzene ring substituents is 1. The Morgan fingerprint density at radius 3 is 2.38 bits per heavy atom. The molecule has 0 fully saturated rings. The standard InChI is InChI=1S/C20H17BrN4O4/c1-12-3-4-13(2)24(12)16-7-5-15(6-8-16)20(27)23-22-11-14-9-17(21)19(26)18(10-14)25(28)29/h3-11,26H,1-2H3,(H,23,27). The number of aryl methyl sites for hydroxylation is 2. The fourth-order valence-corrected chi connectivity index (χ4v) is 3.35. The number of hydrazone groups is 1. The van der Waals surface area contributed by atoms with Crippen molar-refractivity contribution >= 4 is 33.7 Å². The van der Waals surface area contributed by atoms with Crippen LogP contribution in [0, 0.1) is 24.0 Å². The molecule has 148 valence electrons. The van der Waals surface area contributed by atoms with Crippen molar-refractivity contribution in [3.05, 3.63) is 85.6 Å². The Balaban J connectivity index is 1.72. The Hall–Kier alpha value is -3.46. The lowest BCUT2D eigenvalue weighted by Crippen LogP contribution is -2.17. The molecule has 3 aromatic rings. The Morgan fingerprint density at radius 1 is 1.17 bits per heavy atom. The maximum atomic E-state index is 12.3. The number of rotatable bonds is 5. The lowest BCUT2D eigenvalue weighted by Gasteiger charge is -2.10. The number of aromatic nitrogens is 1. The first kappa shape index (κ1) is 20.3. The van der Waals surface area contributed by atoms with Crippen LogP contribution in [0.2, 0.25) is 0 Å². The highest BCUT2D eigenvalue weighted by molar-refractivity contribution is 9.10. The van der Waals surface area contributed by atoms with Crippen LogP contribution < -0.4 is 5.43 Å². The summed E-state index contributed by atoms with van der Waals surface area (Å²) in [5, 5.41) is 24.5. The summed E-state index contributed by atoms with van der Waals surface area (Å²) in [4.78, 5) is 22.5. The van der Waals surface area contributed by atoms with Crippen molar-refractivity contribution in [3.63, 3.8) is 0 Å². The van der Waals surface area contributed by atoms with Gasteiger partial charge in [-0.1, -0.05) is 0 Å². The predicted molar refractivity (Wildman–Crippen MR) is 113 cm³/mol. The Bertz CT molecular complexity index is 1100. The van der Waals surface area contributed by atoms with Gasteiger partial charge in [-0.15, -0.1) is 0 Å². The second-order valence-electron chi connectivity index (χ2n) is 6.33. The first-order valence-electron chi connectivity index (χ1n) is 8.53. The van der Waals surface area contributed by atoms with E-state index in [1.807, 2.05) is 38.1 Å². The zero-order chi connectivity index (χ0) is 21.1. The normalized spacial score (nSPS) is 11.0. The molecule has 29 heavy (non-hydrogen) atoms. The van der Waals surface area contributed by atoms with Gasteiger partial charge in [0, 0.05) is 34.3 Å². The van der Waals surface area contributed by atoms with E-state index in [1.54, 1.807) is 12.1 Å². The molecule has 8 nitrogen and oxygen atoms in total. The molecule has 0 aliphatic rings. The van der Waals surface area contributed by atoms with Gasteiger partial charge in [0.25, 0.3) is 5.91 Å². The topological polar surface area (TPSA) is 110 Å². The van der Waals surface area contributed by atoms with Crippen molar-refractivity contribution in [2.45, 2.75) is 13.8 Å². The molecule has 0 bridgehead atoms. The van der Waals surface area contributed by atoms with Crippen molar-refractivity contribution in [2.24, 2.45) is 5.10 Å². The summed E-state index contributed by atoms with van der Waals surface area (Å²) >= 11 is 3.05. The molecule has 1 aromatic heterocycles. The zero-order valence-corrected chi connectivity index (χ0v) is 17.2. The van der Waals surface area contributed by atoms with Crippen LogP contribution in [0.4, 0.5) is 5.69 Å². The van der Waals surface area contributed by atoms with E-state index in [9.17, 15) is 20.0 Å². The van der Waals surface area contributed by atoms with Gasteiger partial charge in [0.1, 0.15) is 0 Å². The molecule has 2 N–H and O–H groups in total. The van der Waals surface area contributed by atoms with Crippen LogP contribution in [0.5, 0.6) is 5.75 Å². The molecule has 0 saturated heterocycles. The summed E-state index contributed by atoms with van der Waals surface area (Å²) in [6.07, 6.45) is 1.26. The van der Waals surface area contributed by atoms with Crippen LogP contribution in [-0.2, 0) is 0 Å². The first-order valence-corrected chi connectivity index (χ1v) is 9.33. The van der Waals surface area contributed by atoms with Gasteiger partial charge in [0.15, 0.2) is 0 Å². The third-order valence-corrected chi connectivity index (χ3v) is 4.91. The number of phenols is 1. The molecule has 3 rings (SSSR count). The number of nitrogens with zero attached hydrogens (tertiary/aromatic N) is 3. The van der Waals surface area contributed by atoms with Crippen LogP contribution in [-0.4, -0.2) is 26.7 Å². The first-order chi connectivity index (χ1) is 13.8. The predicted octanol–water partition coefficient (Wildman–Crippen LogP) is 4.23. The number of phenolic OH excluding ortho intramolecular Hbond substituents is 1. The molecule has 0 aliphatic carbocycles. The fraction of sp³-hybridized carbons (Fsp3) is 0.100. The monoisotopic (exact) mass is 456 g/mol. The van der Waals surface area contributed by atoms with Crippen molar-refractivity contribution in [1.29, 1.82) is 0 Å². The summed E-state index contributed by atoms with van der Waals surface area (Å²) in [6, 6.07) is 13.7. The van der Waals surface area contributed by atoms with Gasteiger partial charge in [0.05, 0.1) is 15.6 Å². The minimum absolute atomic E-state index is 0.158. The van der Waals surface area contributed by atoms with Crippen molar-refractivity contribution in [2.75, 3.05) is 0 Å². The molecule has 0 spiro atoms. The van der Waals surface area contributed by atoms with E-state index < -0.39 is 22.3 Å². The summed E-state index contributed by atoms with van der Waals surface area (Å²) in [5.41, 5.74) is 5.83. The van der Waals surface area contributed by atoms with Crippen LogP contribution in [0.25, 0.3) is 5.69 Å². The van der Waals surface area contributed by atoms with Crippen LogP contribution >= 0.6 is 15.9 Å².